The fourth-order valence-corrected chi connectivity index (χ4v) is 2.50. The van der Waals surface area contributed by atoms with E-state index in [4.69, 9.17) is 46.4 Å². The van der Waals surface area contributed by atoms with E-state index in [1.807, 2.05) is 12.2 Å². The van der Waals surface area contributed by atoms with E-state index in [1.165, 1.54) is 0 Å². The summed E-state index contributed by atoms with van der Waals surface area (Å²) < 4.78 is 0.963. The lowest BCUT2D eigenvalue weighted by atomic mass is 9.84. The minimum atomic E-state index is -1.53. The zero-order valence-electron chi connectivity index (χ0n) is 9.11. The molecule has 0 saturated carbocycles. The van der Waals surface area contributed by atoms with Crippen molar-refractivity contribution in [2.24, 2.45) is 11.8 Å². The van der Waals surface area contributed by atoms with Gasteiger partial charge in [-0.3, -0.25) is 9.52 Å². The fraction of sp³-hybridized carbons (Fsp3) is 0.600. The molecule has 0 aromatic rings. The van der Waals surface area contributed by atoms with Gasteiger partial charge in [0.2, 0.25) is 9.57 Å². The molecule has 2 unspecified atom stereocenters. The molecule has 1 aliphatic rings. The molecule has 1 amide bonds. The number of hydrogen-bond acceptors (Lipinski definition) is 3. The van der Waals surface area contributed by atoms with Gasteiger partial charge in [-0.2, -0.15) is 0 Å². The van der Waals surface area contributed by atoms with Crippen molar-refractivity contribution >= 4 is 70.5 Å². The number of halogens is 4. The topological polar surface area (TPSA) is 46.2 Å². The molecule has 0 saturated heterocycles. The maximum Gasteiger partial charge on any atom is 0.234 e. The lowest BCUT2D eigenvalue weighted by Crippen LogP contribution is -2.35. The Balaban J connectivity index is 2.55. The van der Waals surface area contributed by atoms with Crippen molar-refractivity contribution in [2.75, 3.05) is 0 Å². The summed E-state index contributed by atoms with van der Waals surface area (Å²) in [5, 5.41) is 0. The lowest BCUT2D eigenvalue weighted by molar-refractivity contribution is -0.128. The number of carbonyl (C=O) groups is 2. The fourth-order valence-electron chi connectivity index (χ4n) is 1.53. The Kier molecular flexibility index (Phi) is 6.62. The molecule has 1 N–H and O–H groups in total. The smallest absolute Gasteiger partial charge is 0.234 e. The summed E-state index contributed by atoms with van der Waals surface area (Å²) in [5.74, 6) is -1.03. The number of hydrogen-bond donors (Lipinski definition) is 1. The Bertz CT molecular complexity index is 349. The minimum Gasteiger partial charge on any atom is -0.303 e. The second kappa shape index (κ2) is 7.25. The van der Waals surface area contributed by atoms with Gasteiger partial charge in [0.05, 0.1) is 5.92 Å². The van der Waals surface area contributed by atoms with E-state index in [1.54, 1.807) is 0 Å². The standard InChI is InChI=1S/C10H11Cl4NO2S/c11-9(12)10(13,14)18-15-8(17)7-4-2-1-3-6(7)5-16/h1-2,5-7,9H,3-4H2,(H,15,17). The number of aldehydes is 1. The van der Waals surface area contributed by atoms with Gasteiger partial charge in [-0.05, 0) is 24.8 Å². The van der Waals surface area contributed by atoms with Crippen molar-refractivity contribution in [3.8, 4) is 0 Å². The van der Waals surface area contributed by atoms with Crippen LogP contribution in [0.2, 0.25) is 0 Å². The number of allylic oxidation sites excluding steroid dienone is 2. The number of carbonyl (C=O) groups excluding carboxylic acids is 2. The molecule has 1 aliphatic carbocycles. The van der Waals surface area contributed by atoms with Crippen LogP contribution in [0, 0.1) is 11.8 Å². The van der Waals surface area contributed by atoms with Crippen LogP contribution in [0.4, 0.5) is 0 Å². The Labute approximate surface area is 130 Å². The average molecular weight is 351 g/mol. The molecule has 0 aliphatic heterocycles. The highest BCUT2D eigenvalue weighted by Gasteiger charge is 2.36. The molecule has 0 heterocycles. The first-order valence-corrected chi connectivity index (χ1v) is 7.57. The van der Waals surface area contributed by atoms with Gasteiger partial charge in [0, 0.05) is 5.92 Å². The van der Waals surface area contributed by atoms with Gasteiger partial charge < -0.3 is 4.79 Å². The maximum absolute atomic E-state index is 11.9. The summed E-state index contributed by atoms with van der Waals surface area (Å²) in [6, 6.07) is 0. The van der Waals surface area contributed by atoms with Crippen molar-refractivity contribution in [3.63, 3.8) is 0 Å². The van der Waals surface area contributed by atoms with E-state index < -0.39 is 14.4 Å². The molecule has 0 aromatic carbocycles. The molecule has 102 valence electrons. The van der Waals surface area contributed by atoms with Gasteiger partial charge in [-0.25, -0.2) is 0 Å². The Hall–Kier alpha value is 0.390. The normalized spacial score (nSPS) is 24.1. The van der Waals surface area contributed by atoms with Crippen LogP contribution < -0.4 is 4.72 Å². The third-order valence-electron chi connectivity index (χ3n) is 2.54. The van der Waals surface area contributed by atoms with E-state index in [2.05, 4.69) is 4.72 Å². The zero-order valence-corrected chi connectivity index (χ0v) is 13.0. The highest BCUT2D eigenvalue weighted by molar-refractivity contribution is 8.02. The summed E-state index contributed by atoms with van der Waals surface area (Å²) in [6.07, 6.45) is 5.62. The first-order valence-electron chi connectivity index (χ1n) is 5.12. The number of rotatable bonds is 5. The predicted octanol–water partition coefficient (Wildman–Crippen LogP) is 3.47. The first kappa shape index (κ1) is 16.4. The molecule has 0 fully saturated rings. The summed E-state index contributed by atoms with van der Waals surface area (Å²) in [4.78, 5) is 21.7. The first-order chi connectivity index (χ1) is 8.38. The molecule has 1 rings (SSSR count). The molecule has 2 atom stereocenters. The van der Waals surface area contributed by atoms with Gasteiger partial charge in [-0.1, -0.05) is 35.4 Å². The van der Waals surface area contributed by atoms with Crippen molar-refractivity contribution in [3.05, 3.63) is 12.2 Å². The Morgan fingerprint density at radius 2 is 2.00 bits per heavy atom. The van der Waals surface area contributed by atoms with Crippen LogP contribution in [0.1, 0.15) is 12.8 Å². The van der Waals surface area contributed by atoms with Gasteiger partial charge in [0.25, 0.3) is 0 Å². The van der Waals surface area contributed by atoms with Gasteiger partial charge in [-0.15, -0.1) is 23.2 Å². The summed E-state index contributed by atoms with van der Waals surface area (Å²) in [5.41, 5.74) is 0. The van der Waals surface area contributed by atoms with Crippen LogP contribution in [-0.4, -0.2) is 20.7 Å². The molecule has 18 heavy (non-hydrogen) atoms. The van der Waals surface area contributed by atoms with Crippen LogP contribution in [0.15, 0.2) is 12.2 Å². The van der Waals surface area contributed by atoms with Crippen LogP contribution in [0.25, 0.3) is 0 Å². The van der Waals surface area contributed by atoms with Crippen molar-refractivity contribution < 1.29 is 9.59 Å². The van der Waals surface area contributed by atoms with Crippen molar-refractivity contribution in [1.29, 1.82) is 0 Å². The van der Waals surface area contributed by atoms with Gasteiger partial charge >= 0.3 is 0 Å². The monoisotopic (exact) mass is 349 g/mol. The molecule has 0 bridgehead atoms. The maximum atomic E-state index is 11.9. The molecule has 0 radical (unpaired) electrons. The zero-order chi connectivity index (χ0) is 13.8. The second-order valence-corrected chi connectivity index (χ2v) is 7.76. The third kappa shape index (κ3) is 4.49. The third-order valence-corrected chi connectivity index (χ3v) is 5.61. The number of nitrogens with one attached hydrogen (secondary N) is 1. The molecular formula is C10H11Cl4NO2S. The summed E-state index contributed by atoms with van der Waals surface area (Å²) in [6.45, 7) is 0. The van der Waals surface area contributed by atoms with E-state index in [-0.39, 0.29) is 11.8 Å². The molecule has 0 spiro atoms. The highest BCUT2D eigenvalue weighted by atomic mass is 35.5. The quantitative estimate of drug-likeness (QED) is 0.357. The summed E-state index contributed by atoms with van der Waals surface area (Å²) in [7, 11) is 0. The average Bonchev–Trinajstić information content (AvgIpc) is 2.35. The number of amides is 1. The Morgan fingerprint density at radius 3 is 2.56 bits per heavy atom. The molecule has 0 aromatic heterocycles. The number of alkyl halides is 4. The van der Waals surface area contributed by atoms with E-state index >= 15 is 0 Å². The van der Waals surface area contributed by atoms with Crippen LogP contribution in [-0.2, 0) is 9.59 Å². The van der Waals surface area contributed by atoms with Crippen LogP contribution in [0.5, 0.6) is 0 Å². The molecular weight excluding hydrogens is 340 g/mol. The molecule has 3 nitrogen and oxygen atoms in total. The SMILES string of the molecule is O=CC1CC=CCC1C(=O)NSC(Cl)(Cl)C(Cl)Cl. The van der Waals surface area contributed by atoms with Crippen molar-refractivity contribution in [2.45, 2.75) is 21.3 Å². The summed E-state index contributed by atoms with van der Waals surface area (Å²) >= 11 is 23.4. The Morgan fingerprint density at radius 1 is 1.39 bits per heavy atom. The van der Waals surface area contributed by atoms with Crippen LogP contribution >= 0.6 is 58.4 Å². The van der Waals surface area contributed by atoms with E-state index in [0.29, 0.717) is 12.8 Å². The lowest BCUT2D eigenvalue weighted by Gasteiger charge is -2.25. The minimum absolute atomic E-state index is 0.305. The van der Waals surface area contributed by atoms with E-state index in [9.17, 15) is 9.59 Å². The largest absolute Gasteiger partial charge is 0.303 e. The second-order valence-electron chi connectivity index (χ2n) is 3.78. The predicted molar refractivity (Wildman–Crippen MR) is 77.1 cm³/mol. The molecule has 8 heteroatoms. The highest BCUT2D eigenvalue weighted by Crippen LogP contribution is 2.41. The van der Waals surface area contributed by atoms with E-state index in [0.717, 1.165) is 18.2 Å². The van der Waals surface area contributed by atoms with Crippen LogP contribution in [0.3, 0.4) is 0 Å². The van der Waals surface area contributed by atoms with Gasteiger partial charge in [0.15, 0.2) is 4.84 Å². The van der Waals surface area contributed by atoms with Gasteiger partial charge in [0.1, 0.15) is 6.29 Å². The van der Waals surface area contributed by atoms with Crippen molar-refractivity contribution in [1.82, 2.24) is 4.72 Å².